The van der Waals surface area contributed by atoms with E-state index in [-0.39, 0.29) is 0 Å². The van der Waals surface area contributed by atoms with E-state index < -0.39 is 0 Å². The molecule has 3 aromatic rings. The van der Waals surface area contributed by atoms with Crippen molar-refractivity contribution in [2.75, 3.05) is 19.5 Å². The molecule has 0 saturated carbocycles. The minimum absolute atomic E-state index is 0.503. The lowest BCUT2D eigenvalue weighted by Gasteiger charge is -2.26. The van der Waals surface area contributed by atoms with Crippen molar-refractivity contribution >= 4 is 23.0 Å². The summed E-state index contributed by atoms with van der Waals surface area (Å²) in [5.74, 6) is 2.74. The van der Waals surface area contributed by atoms with Gasteiger partial charge in [-0.3, -0.25) is 0 Å². The van der Waals surface area contributed by atoms with E-state index >= 15 is 0 Å². The number of methoxy groups -OCH3 is 2. The summed E-state index contributed by atoms with van der Waals surface area (Å²) in [5.41, 5.74) is 3.28. The highest BCUT2D eigenvalue weighted by Gasteiger charge is 2.15. The van der Waals surface area contributed by atoms with Crippen LogP contribution >= 0.6 is 12.2 Å². The second kappa shape index (κ2) is 10.2. The molecule has 0 spiro atoms. The number of nitrogens with one attached hydrogen (secondary N) is 1. The van der Waals surface area contributed by atoms with E-state index in [2.05, 4.69) is 48.3 Å². The molecule has 158 valence electrons. The van der Waals surface area contributed by atoms with Crippen LogP contribution in [0.25, 0.3) is 0 Å². The molecule has 5 nitrogen and oxygen atoms in total. The molecule has 0 atom stereocenters. The molecular formula is C24H28N2O3S. The zero-order valence-corrected chi connectivity index (χ0v) is 18.7. The Balaban J connectivity index is 1.80. The predicted molar refractivity (Wildman–Crippen MR) is 124 cm³/mol. The van der Waals surface area contributed by atoms with Gasteiger partial charge in [0, 0.05) is 12.6 Å². The summed E-state index contributed by atoms with van der Waals surface area (Å²) in [7, 11) is 3.25. The van der Waals surface area contributed by atoms with Crippen molar-refractivity contribution < 1.29 is 13.9 Å². The molecule has 0 bridgehead atoms. The zero-order valence-electron chi connectivity index (χ0n) is 17.8. The number of benzene rings is 2. The molecule has 0 fully saturated rings. The molecule has 0 unspecified atom stereocenters. The van der Waals surface area contributed by atoms with Gasteiger partial charge in [0.2, 0.25) is 0 Å². The third kappa shape index (κ3) is 5.54. The van der Waals surface area contributed by atoms with Crippen molar-refractivity contribution in [2.45, 2.75) is 32.9 Å². The number of rotatable bonds is 8. The van der Waals surface area contributed by atoms with Crippen LogP contribution in [0.4, 0.5) is 5.69 Å². The maximum Gasteiger partial charge on any atom is 0.174 e. The molecular weight excluding hydrogens is 396 g/mol. The molecule has 0 aliphatic carbocycles. The maximum atomic E-state index is 5.75. The van der Waals surface area contributed by atoms with E-state index in [1.807, 2.05) is 30.3 Å². The molecule has 6 heteroatoms. The Bertz CT molecular complexity index is 953. The van der Waals surface area contributed by atoms with Gasteiger partial charge in [0.15, 0.2) is 5.11 Å². The summed E-state index contributed by atoms with van der Waals surface area (Å²) in [6.07, 6.45) is 1.67. The molecule has 1 heterocycles. The molecule has 0 aliphatic heterocycles. The lowest BCUT2D eigenvalue weighted by molar-refractivity contribution is 0.360. The van der Waals surface area contributed by atoms with Crippen molar-refractivity contribution in [1.29, 1.82) is 0 Å². The van der Waals surface area contributed by atoms with Gasteiger partial charge in [-0.25, -0.2) is 0 Å². The number of hydrogen-bond donors (Lipinski definition) is 1. The van der Waals surface area contributed by atoms with Gasteiger partial charge in [0.1, 0.15) is 17.3 Å². The molecule has 1 N–H and O–H groups in total. The summed E-state index contributed by atoms with van der Waals surface area (Å²) in [4.78, 5) is 2.07. The average molecular weight is 425 g/mol. The molecule has 2 aromatic carbocycles. The number of anilines is 1. The van der Waals surface area contributed by atoms with Gasteiger partial charge in [-0.1, -0.05) is 38.1 Å². The average Bonchev–Trinajstić information content (AvgIpc) is 3.27. The fourth-order valence-electron chi connectivity index (χ4n) is 3.11. The third-order valence-electron chi connectivity index (χ3n) is 4.88. The summed E-state index contributed by atoms with van der Waals surface area (Å²) in [6, 6.07) is 18.1. The minimum atomic E-state index is 0.503. The molecule has 0 aliphatic rings. The SMILES string of the molecule is COc1ccc(NC(=S)N(Cc2ccc(C(C)C)cc2)Cc2ccco2)c(OC)c1. The lowest BCUT2D eigenvalue weighted by atomic mass is 10.0. The molecule has 3 rings (SSSR count). The Hall–Kier alpha value is -2.99. The normalized spacial score (nSPS) is 10.7. The van der Waals surface area contributed by atoms with Crippen LogP contribution in [0.1, 0.15) is 36.7 Å². The van der Waals surface area contributed by atoms with Gasteiger partial charge in [-0.2, -0.15) is 0 Å². The predicted octanol–water partition coefficient (Wildman–Crippen LogP) is 5.82. The number of thiocarbonyl (C=S) groups is 1. The first-order valence-corrected chi connectivity index (χ1v) is 10.3. The topological polar surface area (TPSA) is 46.9 Å². The van der Waals surface area contributed by atoms with Gasteiger partial charge >= 0.3 is 0 Å². The van der Waals surface area contributed by atoms with Gasteiger partial charge < -0.3 is 24.1 Å². The summed E-state index contributed by atoms with van der Waals surface area (Å²) in [5, 5.41) is 3.90. The highest BCUT2D eigenvalue weighted by Crippen LogP contribution is 2.29. The van der Waals surface area contributed by atoms with Crippen LogP contribution in [0.5, 0.6) is 11.5 Å². The Morgan fingerprint density at radius 3 is 2.40 bits per heavy atom. The second-order valence-corrected chi connectivity index (χ2v) is 7.71. The van der Waals surface area contributed by atoms with Crippen LogP contribution in [0.2, 0.25) is 0 Å². The van der Waals surface area contributed by atoms with E-state index in [1.165, 1.54) is 11.1 Å². The third-order valence-corrected chi connectivity index (χ3v) is 5.24. The van der Waals surface area contributed by atoms with Crippen molar-refractivity contribution in [3.8, 4) is 11.5 Å². The number of ether oxygens (including phenoxy) is 2. The molecule has 0 amide bonds. The Labute approximate surface area is 183 Å². The van der Waals surface area contributed by atoms with Gasteiger partial charge in [0.05, 0.1) is 32.7 Å². The van der Waals surface area contributed by atoms with Crippen molar-refractivity contribution in [2.24, 2.45) is 0 Å². The summed E-state index contributed by atoms with van der Waals surface area (Å²) in [6.45, 7) is 5.60. The van der Waals surface area contributed by atoms with E-state index in [9.17, 15) is 0 Å². The first kappa shape index (κ1) is 21.7. The van der Waals surface area contributed by atoms with Crippen LogP contribution in [0, 0.1) is 0 Å². The standard InChI is InChI=1S/C24H28N2O3S/c1-17(2)19-9-7-18(8-10-19)15-26(16-21-6-5-13-29-21)24(30)25-22-12-11-20(27-3)14-23(22)28-4/h5-14,17H,15-16H2,1-4H3,(H,25,30). The Morgan fingerprint density at radius 1 is 1.03 bits per heavy atom. The van der Waals surface area contributed by atoms with E-state index in [4.69, 9.17) is 26.1 Å². The Kier molecular flexibility index (Phi) is 7.36. The highest BCUT2D eigenvalue weighted by atomic mass is 32.1. The van der Waals surface area contributed by atoms with E-state index in [0.29, 0.717) is 29.9 Å². The largest absolute Gasteiger partial charge is 0.497 e. The summed E-state index contributed by atoms with van der Waals surface area (Å²) < 4.78 is 16.3. The smallest absolute Gasteiger partial charge is 0.174 e. The van der Waals surface area contributed by atoms with E-state index in [1.54, 1.807) is 20.5 Å². The summed E-state index contributed by atoms with van der Waals surface area (Å²) >= 11 is 5.75. The van der Waals surface area contributed by atoms with Gasteiger partial charge in [-0.15, -0.1) is 0 Å². The first-order chi connectivity index (χ1) is 14.5. The zero-order chi connectivity index (χ0) is 21.5. The van der Waals surface area contributed by atoms with Crippen molar-refractivity contribution in [3.63, 3.8) is 0 Å². The van der Waals surface area contributed by atoms with Crippen LogP contribution in [0.3, 0.4) is 0 Å². The minimum Gasteiger partial charge on any atom is -0.497 e. The molecule has 1 aromatic heterocycles. The number of furan rings is 1. The highest BCUT2D eigenvalue weighted by molar-refractivity contribution is 7.80. The van der Waals surface area contributed by atoms with Crippen LogP contribution < -0.4 is 14.8 Å². The molecule has 0 saturated heterocycles. The van der Waals surface area contributed by atoms with Crippen LogP contribution in [-0.4, -0.2) is 24.2 Å². The van der Waals surface area contributed by atoms with Crippen LogP contribution in [-0.2, 0) is 13.1 Å². The van der Waals surface area contributed by atoms with Crippen LogP contribution in [0.15, 0.2) is 65.3 Å². The van der Waals surface area contributed by atoms with Gasteiger partial charge in [-0.05, 0) is 53.5 Å². The lowest BCUT2D eigenvalue weighted by Crippen LogP contribution is -2.33. The fourth-order valence-corrected chi connectivity index (χ4v) is 3.35. The molecule has 0 radical (unpaired) electrons. The first-order valence-electron chi connectivity index (χ1n) is 9.89. The monoisotopic (exact) mass is 424 g/mol. The van der Waals surface area contributed by atoms with Crippen molar-refractivity contribution in [3.05, 3.63) is 77.7 Å². The van der Waals surface area contributed by atoms with Crippen molar-refractivity contribution in [1.82, 2.24) is 4.90 Å². The van der Waals surface area contributed by atoms with E-state index in [0.717, 1.165) is 17.2 Å². The fraction of sp³-hybridized carbons (Fsp3) is 0.292. The molecule has 30 heavy (non-hydrogen) atoms. The quantitative estimate of drug-likeness (QED) is 0.460. The number of hydrogen-bond acceptors (Lipinski definition) is 4. The second-order valence-electron chi connectivity index (χ2n) is 7.33. The number of nitrogens with zero attached hydrogens (tertiary/aromatic N) is 1. The van der Waals surface area contributed by atoms with Gasteiger partial charge in [0.25, 0.3) is 0 Å². The Morgan fingerprint density at radius 2 is 1.80 bits per heavy atom. The maximum absolute atomic E-state index is 5.75.